The highest BCUT2D eigenvalue weighted by Crippen LogP contribution is 2.45. The third kappa shape index (κ3) is 20.7. The maximum absolute atomic E-state index is 14.4. The number of hydrogen-bond acceptors (Lipinski definition) is 16. The average molecular weight is 1700 g/mol. The monoisotopic (exact) mass is 1700 g/mol. The second-order valence-corrected chi connectivity index (χ2v) is 30.3. The Labute approximate surface area is 714 Å². The number of amides is 8. The first-order valence-corrected chi connectivity index (χ1v) is 39.4. The molecule has 4 aliphatic heterocycles. The first-order valence-electron chi connectivity index (χ1n) is 37.8. The summed E-state index contributed by atoms with van der Waals surface area (Å²) in [5.74, 6) is -0.174. The highest BCUT2D eigenvalue weighted by Gasteiger charge is 2.38. The lowest BCUT2D eigenvalue weighted by Gasteiger charge is -2.19. The fraction of sp³-hybridized carbons (Fsp3) is 0.152. The average Bonchev–Trinajstić information content (AvgIpc) is 1.75. The van der Waals surface area contributed by atoms with Crippen molar-refractivity contribution in [2.75, 3.05) is 45.8 Å². The van der Waals surface area contributed by atoms with Crippen LogP contribution < -0.4 is 61.5 Å². The van der Waals surface area contributed by atoms with Gasteiger partial charge in [-0.2, -0.15) is 5.26 Å². The number of carbonyl (C=O) groups excluding carboxylic acids is 8. The fourth-order valence-electron chi connectivity index (χ4n) is 14.4. The van der Waals surface area contributed by atoms with Gasteiger partial charge in [0, 0.05) is 199 Å². The van der Waals surface area contributed by atoms with Crippen molar-refractivity contribution >= 4 is 116 Å². The molecule has 24 nitrogen and oxygen atoms in total. The van der Waals surface area contributed by atoms with Crippen LogP contribution in [0.25, 0.3) is 0 Å². The Morgan fingerprint density at radius 3 is 1.13 bits per heavy atom. The lowest BCUT2D eigenvalue weighted by molar-refractivity contribution is -0.118. The minimum Gasteiger partial charge on any atom is -0.457 e. The van der Waals surface area contributed by atoms with Crippen LogP contribution in [0.15, 0.2) is 249 Å². The Bertz CT molecular complexity index is 6060. The highest BCUT2D eigenvalue weighted by atomic mass is 35.5. The zero-order valence-electron chi connectivity index (χ0n) is 64.8. The van der Waals surface area contributed by atoms with Gasteiger partial charge in [0.25, 0.3) is 0 Å². The van der Waals surface area contributed by atoms with E-state index in [9.17, 15) is 48.0 Å². The van der Waals surface area contributed by atoms with E-state index in [-0.39, 0.29) is 70.8 Å². The second kappa shape index (κ2) is 38.1. The van der Waals surface area contributed by atoms with E-state index in [0.717, 1.165) is 27.9 Å². The van der Waals surface area contributed by atoms with E-state index in [1.165, 1.54) is 24.3 Å². The van der Waals surface area contributed by atoms with Gasteiger partial charge in [-0.25, -0.2) is 14.4 Å². The number of aromatic nitrogens is 3. The van der Waals surface area contributed by atoms with Gasteiger partial charge in [-0.15, -0.1) is 0 Å². The number of aryl methyl sites for hydroxylation is 2. The minimum atomic E-state index is -0.678. The van der Waals surface area contributed by atoms with Crippen LogP contribution in [-0.4, -0.2) is 88.4 Å². The number of pyridine rings is 3. The summed E-state index contributed by atoms with van der Waals surface area (Å²) in [4.78, 5) is 116. The number of nitrogens with two attached hydrogens (primary N) is 4. The van der Waals surface area contributed by atoms with Gasteiger partial charge in [0.2, 0.25) is 59.0 Å². The van der Waals surface area contributed by atoms with Crippen molar-refractivity contribution in [1.82, 2.24) is 15.0 Å². The van der Waals surface area contributed by atoms with Crippen LogP contribution in [0.2, 0.25) is 20.1 Å². The standard InChI is InChI=1S/C24H17ClFN3O3.2C23H20ClN3O3.C22H18ClN3O3/c25-17-7-8-19(21(11-17)32-23-15(12-27)4-2-6-20(23)26)16-10-22(30)29(13-16)18-5-1-3-14(9-18)24(28)31;1-14-4-3-9-26-23(14)30-20-12-17(24)7-8-19(20)16-11-21(28)27(13-16)18-6-2-5-15(10-18)22(25)29;1-14-4-2-7-21(26-14)30-20-12-17(24)8-9-19(20)16-11-22(28)27(13-16)18-6-3-5-15(10-18)23(25)29;23-16-4-5-19(20(12-16)29-18-6-8-25-9-7-18)15-11-21(27)26(13-15)17-3-1-2-14(10-17)22(24)28/h1-9,11,16H,10,13H2,(H2,28,31);2*2-10,12,16H,11,13H2,1H3,(H2,25,29);1-10,12,15H,11,13H2,(H2,24,28)/t3*16-;15-/m0000/s1. The molecule has 121 heavy (non-hydrogen) atoms. The normalized spacial score (nSPS) is 15.9. The zero-order valence-corrected chi connectivity index (χ0v) is 67.8. The molecule has 0 unspecified atom stereocenters. The van der Waals surface area contributed by atoms with Gasteiger partial charge in [-0.05, 0) is 172 Å². The predicted octanol–water partition coefficient (Wildman–Crippen LogP) is 17.8. The summed E-state index contributed by atoms with van der Waals surface area (Å²) < 4.78 is 38.3. The highest BCUT2D eigenvalue weighted by molar-refractivity contribution is 6.31. The van der Waals surface area contributed by atoms with E-state index in [1.807, 2.05) is 62.4 Å². The molecule has 4 aliphatic rings. The molecule has 8 amide bonds. The third-order valence-electron chi connectivity index (χ3n) is 20.4. The quantitative estimate of drug-likeness (QED) is 0.0551. The van der Waals surface area contributed by atoms with Gasteiger partial charge in [0.15, 0.2) is 11.6 Å². The van der Waals surface area contributed by atoms with E-state index in [2.05, 4.69) is 15.0 Å². The van der Waals surface area contributed by atoms with E-state index in [4.69, 9.17) is 88.3 Å². The molecule has 4 saturated heterocycles. The molecule has 3 aromatic heterocycles. The molecular weight excluding hydrogens is 1630 g/mol. The second-order valence-electron chi connectivity index (χ2n) is 28.6. The number of halogens is 5. The van der Waals surface area contributed by atoms with Crippen LogP contribution in [0.5, 0.6) is 46.3 Å². The van der Waals surface area contributed by atoms with Crippen molar-refractivity contribution in [2.24, 2.45) is 22.9 Å². The van der Waals surface area contributed by atoms with Crippen LogP contribution in [0.1, 0.15) is 130 Å². The third-order valence-corrected chi connectivity index (χ3v) is 21.3. The van der Waals surface area contributed by atoms with Crippen LogP contribution in [-0.2, 0) is 19.2 Å². The molecule has 7 heterocycles. The molecule has 12 aromatic rings. The molecule has 0 radical (unpaired) electrons. The number of para-hydroxylation sites is 1. The first-order chi connectivity index (χ1) is 58.2. The van der Waals surface area contributed by atoms with Gasteiger partial charge >= 0.3 is 0 Å². The van der Waals surface area contributed by atoms with Crippen LogP contribution in [0, 0.1) is 31.0 Å². The number of nitrogens with zero attached hydrogens (tertiary/aromatic N) is 8. The fourth-order valence-corrected chi connectivity index (χ4v) is 15.1. The largest absolute Gasteiger partial charge is 0.457 e. The Morgan fingerprint density at radius 1 is 0.413 bits per heavy atom. The summed E-state index contributed by atoms with van der Waals surface area (Å²) in [5.41, 5.74) is 30.5. The molecule has 0 aliphatic carbocycles. The zero-order chi connectivity index (χ0) is 85.7. The molecule has 0 bridgehead atoms. The first kappa shape index (κ1) is 84.9. The number of primary amides is 4. The van der Waals surface area contributed by atoms with Gasteiger partial charge in [0.1, 0.15) is 34.8 Å². The summed E-state index contributed by atoms with van der Waals surface area (Å²) >= 11 is 24.7. The summed E-state index contributed by atoms with van der Waals surface area (Å²) in [6.07, 6.45) is 6.10. The predicted molar refractivity (Wildman–Crippen MR) is 458 cm³/mol. The van der Waals surface area contributed by atoms with Crippen LogP contribution in [0.3, 0.4) is 0 Å². The maximum Gasteiger partial charge on any atom is 0.248 e. The molecule has 16 rings (SSSR count). The summed E-state index contributed by atoms with van der Waals surface area (Å²) in [7, 11) is 0. The van der Waals surface area contributed by atoms with Crippen molar-refractivity contribution < 1.29 is 61.7 Å². The Morgan fingerprint density at radius 2 is 0.769 bits per heavy atom. The summed E-state index contributed by atoms with van der Waals surface area (Å²) in [5, 5.41) is 11.3. The number of nitriles is 1. The summed E-state index contributed by atoms with van der Waals surface area (Å²) in [6.45, 7) is 5.51. The van der Waals surface area contributed by atoms with Crippen molar-refractivity contribution in [3.8, 4) is 52.3 Å². The molecule has 0 spiro atoms. The van der Waals surface area contributed by atoms with Crippen molar-refractivity contribution in [1.29, 1.82) is 5.26 Å². The Balaban J connectivity index is 0.000000139. The SMILES string of the molecule is Cc1cccc(Oc2cc(Cl)ccc2[C@H]2CC(=O)N(c3cccc(C(N)=O)c3)C2)n1.Cc1cccnc1Oc1cc(Cl)ccc1[C@H]1CC(=O)N(c2cccc(C(N)=O)c2)C1.N#Cc1cccc(F)c1Oc1cc(Cl)ccc1[C@H]1CC(=O)N(c2cccc(C(N)=O)c2)C1.NC(=O)c1cccc(N2C[C@@H](c3ccc(Cl)cc3Oc3ccncc3)CC2=O)c1. The van der Waals surface area contributed by atoms with Gasteiger partial charge in [0.05, 0.1) is 5.56 Å². The van der Waals surface area contributed by atoms with E-state index in [1.54, 1.807) is 202 Å². The van der Waals surface area contributed by atoms with Crippen LogP contribution >= 0.6 is 46.4 Å². The van der Waals surface area contributed by atoms with Gasteiger partial charge in [-0.3, -0.25) is 43.3 Å². The maximum atomic E-state index is 14.4. The minimum absolute atomic E-state index is 0.0265. The summed E-state index contributed by atoms with van der Waals surface area (Å²) in [6, 6.07) is 66.8. The molecule has 0 saturated carbocycles. The molecule has 610 valence electrons. The molecule has 4 fully saturated rings. The van der Waals surface area contributed by atoms with Crippen molar-refractivity contribution in [2.45, 2.75) is 63.2 Å². The molecular formula is C92H75Cl4FN12O12. The smallest absolute Gasteiger partial charge is 0.248 e. The number of rotatable bonds is 20. The van der Waals surface area contributed by atoms with Crippen LogP contribution in [0.4, 0.5) is 27.1 Å². The van der Waals surface area contributed by atoms with Crippen molar-refractivity contribution in [3.05, 3.63) is 336 Å². The number of anilines is 4. The lowest BCUT2D eigenvalue weighted by atomic mass is 9.97. The van der Waals surface area contributed by atoms with E-state index >= 15 is 0 Å². The Hall–Kier alpha value is -14.0. The number of carbonyl (C=O) groups is 8. The molecule has 8 N–H and O–H groups in total. The number of benzene rings is 9. The number of hydrogen-bond donors (Lipinski definition) is 4. The van der Waals surface area contributed by atoms with Gasteiger partial charge < -0.3 is 61.5 Å². The van der Waals surface area contributed by atoms with Crippen molar-refractivity contribution in [3.63, 3.8) is 0 Å². The Kier molecular flexibility index (Phi) is 26.8. The van der Waals surface area contributed by atoms with E-state index in [0.29, 0.717) is 151 Å². The number of ether oxygens (including phenoxy) is 4. The molecule has 29 heteroatoms. The lowest BCUT2D eigenvalue weighted by Crippen LogP contribution is -2.24. The molecule has 4 atom stereocenters. The topological polar surface area (TPSA) is 353 Å². The molecule has 9 aromatic carbocycles. The van der Waals surface area contributed by atoms with E-state index < -0.39 is 29.4 Å². The van der Waals surface area contributed by atoms with Gasteiger partial charge in [-0.1, -0.05) is 113 Å².